The number of nitrogens with two attached hydrogens (primary N) is 1. The van der Waals surface area contributed by atoms with Gasteiger partial charge in [-0.3, -0.25) is 5.01 Å². The molecule has 0 aliphatic carbocycles. The van der Waals surface area contributed by atoms with Gasteiger partial charge in [0.05, 0.1) is 0 Å². The zero-order valence-corrected chi connectivity index (χ0v) is 6.69. The van der Waals surface area contributed by atoms with Crippen LogP contribution >= 0.6 is 0 Å². The van der Waals surface area contributed by atoms with E-state index in [9.17, 15) is 0 Å². The average molecular weight is 163 g/mol. The van der Waals surface area contributed by atoms with Crippen molar-refractivity contribution in [3.63, 3.8) is 0 Å². The zero-order chi connectivity index (χ0) is 8.55. The Bertz CT molecular complexity index is 361. The summed E-state index contributed by atoms with van der Waals surface area (Å²) in [6, 6.07) is 7.97. The second-order valence-corrected chi connectivity index (χ2v) is 2.58. The highest BCUT2D eigenvalue weighted by atomic mass is 16.4. The Kier molecular flexibility index (Phi) is 1.48. The lowest BCUT2D eigenvalue weighted by atomic mass is 10.3. The molecule has 0 radical (unpaired) electrons. The van der Waals surface area contributed by atoms with Crippen molar-refractivity contribution in [3.05, 3.63) is 24.3 Å². The Balaban J connectivity index is 2.62. The van der Waals surface area contributed by atoms with Gasteiger partial charge in [0.15, 0.2) is 5.58 Å². The number of hydrogen-bond acceptors (Lipinski definition) is 4. The van der Waals surface area contributed by atoms with E-state index in [0.717, 1.165) is 11.1 Å². The topological polar surface area (TPSA) is 55.3 Å². The van der Waals surface area contributed by atoms with Gasteiger partial charge in [-0.05, 0) is 12.1 Å². The lowest BCUT2D eigenvalue weighted by Gasteiger charge is -2.02. The standard InChI is InChI=1S/C8H9N3O/c1-11(9)8-10-6-4-2-3-5-7(6)12-8/h2-5H,9H2,1H3. The van der Waals surface area contributed by atoms with E-state index in [1.165, 1.54) is 5.01 Å². The first-order chi connectivity index (χ1) is 5.77. The number of rotatable bonds is 1. The first kappa shape index (κ1) is 7.12. The molecule has 1 aromatic carbocycles. The number of hydrogen-bond donors (Lipinski definition) is 1. The van der Waals surface area contributed by atoms with Crippen LogP contribution in [0.25, 0.3) is 11.1 Å². The summed E-state index contributed by atoms with van der Waals surface area (Å²) in [5, 5.41) is 1.35. The molecule has 2 rings (SSSR count). The summed E-state index contributed by atoms with van der Waals surface area (Å²) in [7, 11) is 1.69. The third kappa shape index (κ3) is 1.02. The molecule has 0 bridgehead atoms. The average Bonchev–Trinajstić information content (AvgIpc) is 2.46. The van der Waals surface area contributed by atoms with E-state index in [4.69, 9.17) is 10.3 Å². The maximum atomic E-state index is 5.45. The number of fused-ring (bicyclic) bond motifs is 1. The van der Waals surface area contributed by atoms with Crippen molar-refractivity contribution in [2.45, 2.75) is 0 Å². The van der Waals surface area contributed by atoms with Gasteiger partial charge in [0, 0.05) is 7.05 Å². The summed E-state index contributed by atoms with van der Waals surface area (Å²) in [4.78, 5) is 4.15. The van der Waals surface area contributed by atoms with E-state index < -0.39 is 0 Å². The molecule has 0 saturated heterocycles. The highest BCUT2D eigenvalue weighted by molar-refractivity contribution is 5.74. The van der Waals surface area contributed by atoms with Crippen LogP contribution in [0.5, 0.6) is 0 Å². The van der Waals surface area contributed by atoms with Crippen molar-refractivity contribution in [2.24, 2.45) is 5.84 Å². The van der Waals surface area contributed by atoms with E-state index in [1.54, 1.807) is 7.05 Å². The fraction of sp³-hybridized carbons (Fsp3) is 0.125. The zero-order valence-electron chi connectivity index (χ0n) is 6.69. The highest BCUT2D eigenvalue weighted by Gasteiger charge is 2.05. The summed E-state index contributed by atoms with van der Waals surface area (Å²) in [5.41, 5.74) is 1.58. The maximum Gasteiger partial charge on any atom is 0.312 e. The maximum absolute atomic E-state index is 5.45. The molecule has 0 amide bonds. The van der Waals surface area contributed by atoms with Crippen LogP contribution in [0.2, 0.25) is 0 Å². The molecule has 0 saturated carbocycles. The molecule has 12 heavy (non-hydrogen) atoms. The molecule has 4 nitrogen and oxygen atoms in total. The van der Waals surface area contributed by atoms with Gasteiger partial charge < -0.3 is 4.42 Å². The minimum absolute atomic E-state index is 0.427. The lowest BCUT2D eigenvalue weighted by Crippen LogP contribution is -2.25. The molecule has 0 aliphatic rings. The predicted molar refractivity (Wildman–Crippen MR) is 46.6 cm³/mol. The normalized spacial score (nSPS) is 10.5. The molecular weight excluding hydrogens is 154 g/mol. The van der Waals surface area contributed by atoms with Crippen molar-refractivity contribution in [1.29, 1.82) is 0 Å². The number of anilines is 1. The number of hydrazine groups is 1. The van der Waals surface area contributed by atoms with Gasteiger partial charge in [-0.15, -0.1) is 0 Å². The Hall–Kier alpha value is -1.55. The Morgan fingerprint density at radius 3 is 2.83 bits per heavy atom. The molecular formula is C8H9N3O. The first-order valence-corrected chi connectivity index (χ1v) is 3.61. The quantitative estimate of drug-likeness (QED) is 0.506. The molecule has 1 aromatic heterocycles. The van der Waals surface area contributed by atoms with Gasteiger partial charge in [0.25, 0.3) is 0 Å². The number of para-hydroxylation sites is 2. The first-order valence-electron chi connectivity index (χ1n) is 3.61. The lowest BCUT2D eigenvalue weighted by molar-refractivity contribution is 0.588. The van der Waals surface area contributed by atoms with Gasteiger partial charge >= 0.3 is 6.01 Å². The van der Waals surface area contributed by atoms with Crippen molar-refractivity contribution in [1.82, 2.24) is 4.98 Å². The smallest absolute Gasteiger partial charge is 0.312 e. The van der Waals surface area contributed by atoms with Crippen molar-refractivity contribution < 1.29 is 4.42 Å². The molecule has 0 spiro atoms. The number of nitrogens with zero attached hydrogens (tertiary/aromatic N) is 2. The van der Waals surface area contributed by atoms with Gasteiger partial charge in [-0.25, -0.2) is 5.84 Å². The van der Waals surface area contributed by atoms with Crippen LogP contribution in [-0.4, -0.2) is 12.0 Å². The van der Waals surface area contributed by atoms with E-state index in [-0.39, 0.29) is 0 Å². The molecule has 1 heterocycles. The summed E-state index contributed by atoms with van der Waals surface area (Å²) in [5.74, 6) is 5.45. The van der Waals surface area contributed by atoms with Gasteiger partial charge in [-0.1, -0.05) is 12.1 Å². The number of benzene rings is 1. The summed E-state index contributed by atoms with van der Waals surface area (Å²) < 4.78 is 5.32. The fourth-order valence-corrected chi connectivity index (χ4v) is 1.01. The molecule has 0 aliphatic heterocycles. The fourth-order valence-electron chi connectivity index (χ4n) is 1.01. The summed E-state index contributed by atoms with van der Waals surface area (Å²) in [6.45, 7) is 0. The van der Waals surface area contributed by atoms with Crippen molar-refractivity contribution >= 4 is 17.1 Å². The van der Waals surface area contributed by atoms with Crippen LogP contribution in [0, 0.1) is 0 Å². The summed E-state index contributed by atoms with van der Waals surface area (Å²) in [6.07, 6.45) is 0. The summed E-state index contributed by atoms with van der Waals surface area (Å²) >= 11 is 0. The van der Waals surface area contributed by atoms with Gasteiger partial charge in [-0.2, -0.15) is 4.98 Å². The van der Waals surface area contributed by atoms with Crippen LogP contribution in [0.15, 0.2) is 28.7 Å². The number of aromatic nitrogens is 1. The van der Waals surface area contributed by atoms with E-state index >= 15 is 0 Å². The molecule has 0 unspecified atom stereocenters. The minimum Gasteiger partial charge on any atom is -0.423 e. The van der Waals surface area contributed by atoms with Crippen LogP contribution in [0.1, 0.15) is 0 Å². The third-order valence-corrected chi connectivity index (χ3v) is 1.58. The molecule has 62 valence electrons. The largest absolute Gasteiger partial charge is 0.423 e. The van der Waals surface area contributed by atoms with Crippen LogP contribution in [-0.2, 0) is 0 Å². The van der Waals surface area contributed by atoms with Crippen LogP contribution in [0.3, 0.4) is 0 Å². The van der Waals surface area contributed by atoms with Crippen LogP contribution in [0.4, 0.5) is 6.01 Å². The van der Waals surface area contributed by atoms with Crippen LogP contribution < -0.4 is 10.9 Å². The highest BCUT2D eigenvalue weighted by Crippen LogP contribution is 2.18. The van der Waals surface area contributed by atoms with Gasteiger partial charge in [0.2, 0.25) is 0 Å². The minimum atomic E-state index is 0.427. The molecule has 4 heteroatoms. The second kappa shape index (κ2) is 2.49. The molecule has 0 atom stereocenters. The Morgan fingerprint density at radius 1 is 1.42 bits per heavy atom. The van der Waals surface area contributed by atoms with E-state index in [1.807, 2.05) is 24.3 Å². The molecule has 2 N–H and O–H groups in total. The second-order valence-electron chi connectivity index (χ2n) is 2.58. The van der Waals surface area contributed by atoms with E-state index in [0.29, 0.717) is 6.01 Å². The molecule has 2 aromatic rings. The SMILES string of the molecule is CN(N)c1nc2ccccc2o1. The third-order valence-electron chi connectivity index (χ3n) is 1.58. The predicted octanol–water partition coefficient (Wildman–Crippen LogP) is 1.14. The molecule has 0 fully saturated rings. The van der Waals surface area contributed by atoms with Gasteiger partial charge in [0.1, 0.15) is 5.52 Å². The van der Waals surface area contributed by atoms with E-state index in [2.05, 4.69) is 4.98 Å². The Labute approximate surface area is 69.6 Å². The van der Waals surface area contributed by atoms with Crippen molar-refractivity contribution in [2.75, 3.05) is 12.1 Å². The monoisotopic (exact) mass is 163 g/mol. The van der Waals surface area contributed by atoms with Crippen molar-refractivity contribution in [3.8, 4) is 0 Å². The Morgan fingerprint density at radius 2 is 2.17 bits per heavy atom. The number of oxazole rings is 1.